The maximum atomic E-state index is 10.1. The Morgan fingerprint density at radius 1 is 1.80 bits per heavy atom. The molecule has 0 amide bonds. The lowest BCUT2D eigenvalue weighted by Crippen LogP contribution is -2.07. The number of hydrogen-bond donors (Lipinski definition) is 2. The maximum Gasteiger partial charge on any atom is 0.432 e. The van der Waals surface area contributed by atoms with Crippen molar-refractivity contribution in [2.75, 3.05) is 0 Å². The van der Waals surface area contributed by atoms with E-state index in [1.807, 2.05) is 0 Å². The molecule has 5 nitrogen and oxygen atoms in total. The molecule has 10 heavy (non-hydrogen) atoms. The Balaban J connectivity index is 2.88. The SMILES string of the molecule is O=C(O)n1cc(CO)cn1. The van der Waals surface area contributed by atoms with Gasteiger partial charge < -0.3 is 10.2 Å². The minimum Gasteiger partial charge on any atom is -0.463 e. The summed E-state index contributed by atoms with van der Waals surface area (Å²) in [4.78, 5) is 10.1. The Morgan fingerprint density at radius 2 is 2.50 bits per heavy atom. The summed E-state index contributed by atoms with van der Waals surface area (Å²) in [5.74, 6) is 0. The van der Waals surface area contributed by atoms with Gasteiger partial charge in [0, 0.05) is 11.8 Å². The molecule has 0 aliphatic carbocycles. The molecule has 0 radical (unpaired) electrons. The molecule has 0 aliphatic heterocycles. The van der Waals surface area contributed by atoms with Gasteiger partial charge >= 0.3 is 6.09 Å². The van der Waals surface area contributed by atoms with Crippen molar-refractivity contribution in [3.05, 3.63) is 18.0 Å². The van der Waals surface area contributed by atoms with E-state index < -0.39 is 6.09 Å². The van der Waals surface area contributed by atoms with Crippen molar-refractivity contribution in [2.45, 2.75) is 6.61 Å². The van der Waals surface area contributed by atoms with Gasteiger partial charge in [-0.3, -0.25) is 0 Å². The molecule has 0 saturated carbocycles. The lowest BCUT2D eigenvalue weighted by atomic mass is 10.4. The van der Waals surface area contributed by atoms with Crippen LogP contribution >= 0.6 is 0 Å². The summed E-state index contributed by atoms with van der Waals surface area (Å²) in [5.41, 5.74) is 0.488. The largest absolute Gasteiger partial charge is 0.463 e. The van der Waals surface area contributed by atoms with Gasteiger partial charge in [0.2, 0.25) is 0 Å². The molecule has 1 aromatic rings. The highest BCUT2D eigenvalue weighted by molar-refractivity contribution is 5.66. The fraction of sp³-hybridized carbons (Fsp3) is 0.200. The normalized spacial score (nSPS) is 9.70. The quantitative estimate of drug-likeness (QED) is 0.574. The van der Waals surface area contributed by atoms with E-state index in [0.29, 0.717) is 5.56 Å². The molecule has 2 N–H and O–H groups in total. The van der Waals surface area contributed by atoms with Gasteiger partial charge in [-0.15, -0.1) is 0 Å². The number of carbonyl (C=O) groups is 1. The number of nitrogens with zero attached hydrogens (tertiary/aromatic N) is 2. The first-order chi connectivity index (χ1) is 4.74. The minimum atomic E-state index is -1.15. The van der Waals surface area contributed by atoms with Gasteiger partial charge in [0.1, 0.15) is 0 Å². The number of aliphatic hydroxyl groups excluding tert-OH is 1. The summed E-state index contributed by atoms with van der Waals surface area (Å²) in [6.07, 6.45) is 1.40. The summed E-state index contributed by atoms with van der Waals surface area (Å²) >= 11 is 0. The zero-order valence-corrected chi connectivity index (χ0v) is 5.06. The van der Waals surface area contributed by atoms with Crippen LogP contribution in [0.5, 0.6) is 0 Å². The molecule has 0 bridgehead atoms. The van der Waals surface area contributed by atoms with Crippen molar-refractivity contribution >= 4 is 6.09 Å². The topological polar surface area (TPSA) is 75.3 Å². The second kappa shape index (κ2) is 2.49. The van der Waals surface area contributed by atoms with Crippen LogP contribution in [-0.4, -0.2) is 26.1 Å². The molecule has 0 spiro atoms. The van der Waals surface area contributed by atoms with Crippen molar-refractivity contribution in [3.63, 3.8) is 0 Å². The number of carboxylic acid groups (broad SMARTS) is 1. The first-order valence-corrected chi connectivity index (χ1v) is 2.61. The molecule has 0 unspecified atom stereocenters. The van der Waals surface area contributed by atoms with E-state index in [1.54, 1.807) is 0 Å². The lowest BCUT2D eigenvalue weighted by Gasteiger charge is -1.86. The van der Waals surface area contributed by atoms with Crippen LogP contribution in [0.25, 0.3) is 0 Å². The Hall–Kier alpha value is -1.36. The number of aromatic nitrogens is 2. The smallest absolute Gasteiger partial charge is 0.432 e. The molecule has 0 saturated heterocycles. The zero-order chi connectivity index (χ0) is 7.56. The fourth-order valence-electron chi connectivity index (χ4n) is 0.546. The van der Waals surface area contributed by atoms with Crippen LogP contribution in [0.4, 0.5) is 4.79 Å². The van der Waals surface area contributed by atoms with Crippen LogP contribution in [0.1, 0.15) is 5.56 Å². The van der Waals surface area contributed by atoms with E-state index >= 15 is 0 Å². The predicted molar refractivity (Wildman–Crippen MR) is 31.6 cm³/mol. The van der Waals surface area contributed by atoms with Gasteiger partial charge in [-0.25, -0.2) is 4.79 Å². The van der Waals surface area contributed by atoms with Crippen LogP contribution < -0.4 is 0 Å². The van der Waals surface area contributed by atoms with E-state index in [1.165, 1.54) is 12.4 Å². The molecular weight excluding hydrogens is 136 g/mol. The highest BCUT2D eigenvalue weighted by Gasteiger charge is 2.01. The molecule has 1 rings (SSSR count). The van der Waals surface area contributed by atoms with Crippen LogP contribution in [0, 0.1) is 0 Å². The highest BCUT2D eigenvalue weighted by atomic mass is 16.4. The molecule has 0 aromatic carbocycles. The van der Waals surface area contributed by atoms with Gasteiger partial charge in [0.25, 0.3) is 0 Å². The molecule has 0 atom stereocenters. The first kappa shape index (κ1) is 6.76. The third-order valence-corrected chi connectivity index (χ3v) is 1.01. The van der Waals surface area contributed by atoms with Crippen molar-refractivity contribution in [2.24, 2.45) is 0 Å². The minimum absolute atomic E-state index is 0.187. The number of rotatable bonds is 1. The molecule has 1 heterocycles. The summed E-state index contributed by atoms with van der Waals surface area (Å²) in [6, 6.07) is 0. The Labute approximate surface area is 56.5 Å². The van der Waals surface area contributed by atoms with E-state index in [9.17, 15) is 4.79 Å². The third kappa shape index (κ3) is 1.14. The fourth-order valence-corrected chi connectivity index (χ4v) is 0.546. The van der Waals surface area contributed by atoms with E-state index in [-0.39, 0.29) is 6.61 Å². The second-order valence-electron chi connectivity index (χ2n) is 1.73. The van der Waals surface area contributed by atoms with Gasteiger partial charge in [0.15, 0.2) is 0 Å². The third-order valence-electron chi connectivity index (χ3n) is 1.01. The van der Waals surface area contributed by atoms with Gasteiger partial charge in [-0.05, 0) is 0 Å². The average Bonchev–Trinajstić information content (AvgIpc) is 2.34. The number of aliphatic hydroxyl groups is 1. The Bertz CT molecular complexity index is 243. The molecule has 54 valence electrons. The summed E-state index contributed by atoms with van der Waals surface area (Å²) in [5, 5.41) is 20.2. The van der Waals surface area contributed by atoms with Crippen molar-refractivity contribution in [3.8, 4) is 0 Å². The Kier molecular flexibility index (Phi) is 1.68. The highest BCUT2D eigenvalue weighted by Crippen LogP contribution is 1.95. The first-order valence-electron chi connectivity index (χ1n) is 2.61. The van der Waals surface area contributed by atoms with Crippen LogP contribution in [0.3, 0.4) is 0 Å². The monoisotopic (exact) mass is 142 g/mol. The Morgan fingerprint density at radius 3 is 2.80 bits per heavy atom. The predicted octanol–water partition coefficient (Wildman–Crippen LogP) is -0.0985. The molecule has 1 aromatic heterocycles. The van der Waals surface area contributed by atoms with Crippen molar-refractivity contribution in [1.82, 2.24) is 9.78 Å². The molecule has 5 heteroatoms. The number of hydrogen-bond acceptors (Lipinski definition) is 3. The average molecular weight is 142 g/mol. The van der Waals surface area contributed by atoms with Crippen molar-refractivity contribution < 1.29 is 15.0 Å². The van der Waals surface area contributed by atoms with Crippen LogP contribution in [-0.2, 0) is 6.61 Å². The second-order valence-corrected chi connectivity index (χ2v) is 1.73. The van der Waals surface area contributed by atoms with E-state index in [0.717, 1.165) is 4.68 Å². The van der Waals surface area contributed by atoms with Gasteiger partial charge in [-0.2, -0.15) is 9.78 Å². The van der Waals surface area contributed by atoms with Gasteiger partial charge in [-0.1, -0.05) is 0 Å². The molecule has 0 fully saturated rings. The summed E-state index contributed by atoms with van der Waals surface area (Å²) in [7, 11) is 0. The van der Waals surface area contributed by atoms with E-state index in [4.69, 9.17) is 10.2 Å². The van der Waals surface area contributed by atoms with Gasteiger partial charge in [0.05, 0.1) is 12.8 Å². The molecule has 0 aliphatic rings. The zero-order valence-electron chi connectivity index (χ0n) is 5.06. The lowest BCUT2D eigenvalue weighted by molar-refractivity contribution is 0.192. The standard InChI is InChI=1S/C5H6N2O3/c8-3-4-1-6-7(2-4)5(9)10/h1-2,8H,3H2,(H,9,10). The van der Waals surface area contributed by atoms with E-state index in [2.05, 4.69) is 5.10 Å². The van der Waals surface area contributed by atoms with Crippen LogP contribution in [0.2, 0.25) is 0 Å². The molecular formula is C5H6N2O3. The summed E-state index contributed by atoms with van der Waals surface area (Å²) in [6.45, 7) is -0.187. The van der Waals surface area contributed by atoms with Crippen molar-refractivity contribution in [1.29, 1.82) is 0 Å². The maximum absolute atomic E-state index is 10.1. The summed E-state index contributed by atoms with van der Waals surface area (Å²) < 4.78 is 0.742. The van der Waals surface area contributed by atoms with Crippen LogP contribution in [0.15, 0.2) is 12.4 Å².